The summed E-state index contributed by atoms with van der Waals surface area (Å²) in [7, 11) is 0. The number of hydrogen-bond acceptors (Lipinski definition) is 2. The summed E-state index contributed by atoms with van der Waals surface area (Å²) in [5.74, 6) is -0.0848. The molecule has 1 aliphatic carbocycles. The maximum absolute atomic E-state index is 11.6. The predicted molar refractivity (Wildman–Crippen MR) is 62.6 cm³/mol. The van der Waals surface area contributed by atoms with Crippen LogP contribution in [0, 0.1) is 11.3 Å². The Morgan fingerprint density at radius 1 is 1.40 bits per heavy atom. The molecule has 84 valence electrons. The van der Waals surface area contributed by atoms with E-state index >= 15 is 0 Å². The van der Waals surface area contributed by atoms with Gasteiger partial charge in [-0.2, -0.15) is 5.26 Å². The minimum atomic E-state index is -0.615. The third kappa shape index (κ3) is 3.49. The molecule has 0 spiro atoms. The molecule has 1 amide bonds. The summed E-state index contributed by atoms with van der Waals surface area (Å²) in [5.41, 5.74) is -0.615. The van der Waals surface area contributed by atoms with Crippen LogP contribution in [0.25, 0.3) is 0 Å². The highest BCUT2D eigenvalue weighted by molar-refractivity contribution is 9.10. The van der Waals surface area contributed by atoms with Gasteiger partial charge < -0.3 is 5.32 Å². The number of carbonyl (C=O) groups is 1. The Bertz CT molecular complexity index is 262. The number of nitriles is 1. The van der Waals surface area contributed by atoms with Crippen molar-refractivity contribution in [2.45, 2.75) is 55.8 Å². The quantitative estimate of drug-likeness (QED) is 0.620. The van der Waals surface area contributed by atoms with Crippen LogP contribution in [0.5, 0.6) is 0 Å². The lowest BCUT2D eigenvalue weighted by molar-refractivity contribution is -0.121. The first kappa shape index (κ1) is 12.5. The van der Waals surface area contributed by atoms with Crippen LogP contribution in [0.1, 0.15) is 45.4 Å². The van der Waals surface area contributed by atoms with E-state index in [1.165, 1.54) is 12.8 Å². The van der Waals surface area contributed by atoms with Gasteiger partial charge in [-0.3, -0.25) is 4.79 Å². The Hall–Kier alpha value is -0.560. The molecule has 0 aromatic heterocycles. The molecular weight excluding hydrogens is 256 g/mol. The molecule has 0 saturated heterocycles. The first-order valence-corrected chi connectivity index (χ1v) is 6.38. The van der Waals surface area contributed by atoms with Crippen LogP contribution in [0.4, 0.5) is 0 Å². The van der Waals surface area contributed by atoms with Crippen molar-refractivity contribution in [3.05, 3.63) is 0 Å². The van der Waals surface area contributed by atoms with E-state index in [1.54, 1.807) is 6.92 Å². The molecule has 3 nitrogen and oxygen atoms in total. The van der Waals surface area contributed by atoms with Crippen LogP contribution in [0.3, 0.4) is 0 Å². The molecule has 1 atom stereocenters. The van der Waals surface area contributed by atoms with Crippen molar-refractivity contribution in [3.8, 4) is 6.07 Å². The highest BCUT2D eigenvalue weighted by Gasteiger charge is 2.33. The zero-order valence-electron chi connectivity index (χ0n) is 9.05. The predicted octanol–water partition coefficient (Wildman–Crippen LogP) is 2.50. The van der Waals surface area contributed by atoms with Gasteiger partial charge in [0.25, 0.3) is 0 Å². The molecule has 1 N–H and O–H groups in total. The van der Waals surface area contributed by atoms with E-state index in [0.29, 0.717) is 0 Å². The Morgan fingerprint density at radius 3 is 2.33 bits per heavy atom. The van der Waals surface area contributed by atoms with Gasteiger partial charge in [-0.15, -0.1) is 0 Å². The van der Waals surface area contributed by atoms with E-state index < -0.39 is 5.54 Å². The summed E-state index contributed by atoms with van der Waals surface area (Å²) < 4.78 is 0. The van der Waals surface area contributed by atoms with E-state index in [1.807, 2.05) is 0 Å². The molecular formula is C11H17BrN2O. The van der Waals surface area contributed by atoms with Crippen molar-refractivity contribution >= 4 is 21.8 Å². The fourth-order valence-electron chi connectivity index (χ4n) is 1.93. The molecule has 0 aromatic carbocycles. The maximum atomic E-state index is 11.6. The molecule has 1 saturated carbocycles. The second-order valence-corrected chi connectivity index (χ2v) is 5.59. The van der Waals surface area contributed by atoms with Crippen LogP contribution in [-0.2, 0) is 4.79 Å². The molecule has 0 radical (unpaired) electrons. The molecule has 0 aromatic rings. The third-order valence-electron chi connectivity index (χ3n) is 2.89. The lowest BCUT2D eigenvalue weighted by atomic mass is 9.92. The van der Waals surface area contributed by atoms with Gasteiger partial charge >= 0.3 is 0 Å². The van der Waals surface area contributed by atoms with E-state index in [2.05, 4.69) is 27.3 Å². The van der Waals surface area contributed by atoms with Crippen molar-refractivity contribution in [1.29, 1.82) is 5.26 Å². The topological polar surface area (TPSA) is 52.9 Å². The second-order valence-electron chi connectivity index (χ2n) is 4.21. The number of halogens is 1. The molecule has 15 heavy (non-hydrogen) atoms. The van der Waals surface area contributed by atoms with Crippen molar-refractivity contribution in [2.75, 3.05) is 0 Å². The fraction of sp³-hybridized carbons (Fsp3) is 0.818. The van der Waals surface area contributed by atoms with E-state index in [4.69, 9.17) is 0 Å². The molecule has 1 unspecified atom stereocenters. The smallest absolute Gasteiger partial charge is 0.234 e. The summed E-state index contributed by atoms with van der Waals surface area (Å²) in [6.45, 7) is 1.77. The van der Waals surface area contributed by atoms with Gasteiger partial charge in [-0.25, -0.2) is 0 Å². The Balaban J connectivity index is 2.67. The Morgan fingerprint density at radius 2 is 1.93 bits per heavy atom. The standard InChI is InChI=1S/C11H17BrN2O/c1-9(12)10(15)14-11(8-13)6-4-2-3-5-7-11/h9H,2-7H2,1H3,(H,14,15). The highest BCUT2D eigenvalue weighted by atomic mass is 79.9. The zero-order valence-corrected chi connectivity index (χ0v) is 10.6. The normalized spacial score (nSPS) is 22.2. The number of amides is 1. The van der Waals surface area contributed by atoms with Gasteiger partial charge in [0.1, 0.15) is 5.54 Å². The van der Waals surface area contributed by atoms with Crippen LogP contribution < -0.4 is 5.32 Å². The number of rotatable bonds is 2. The van der Waals surface area contributed by atoms with Gasteiger partial charge in [-0.05, 0) is 19.8 Å². The number of nitrogens with zero attached hydrogens (tertiary/aromatic N) is 1. The first-order valence-electron chi connectivity index (χ1n) is 5.47. The number of hydrogen-bond donors (Lipinski definition) is 1. The molecule has 0 heterocycles. The van der Waals surface area contributed by atoms with Crippen LogP contribution in [0.2, 0.25) is 0 Å². The zero-order chi connectivity index (χ0) is 11.3. The molecule has 1 rings (SSSR count). The summed E-state index contributed by atoms with van der Waals surface area (Å²) >= 11 is 3.22. The van der Waals surface area contributed by atoms with Gasteiger partial charge in [-0.1, -0.05) is 41.6 Å². The molecule has 0 bridgehead atoms. The van der Waals surface area contributed by atoms with E-state index in [0.717, 1.165) is 25.7 Å². The lowest BCUT2D eigenvalue weighted by Crippen LogP contribution is -2.49. The maximum Gasteiger partial charge on any atom is 0.234 e. The van der Waals surface area contributed by atoms with Gasteiger partial charge in [0.05, 0.1) is 10.9 Å². The Kier molecular flexibility index (Phi) is 4.59. The second kappa shape index (κ2) is 5.50. The number of carbonyl (C=O) groups excluding carboxylic acids is 1. The fourth-order valence-corrected chi connectivity index (χ4v) is 2.05. The average molecular weight is 273 g/mol. The van der Waals surface area contributed by atoms with Crippen molar-refractivity contribution in [1.82, 2.24) is 5.32 Å². The number of alkyl halides is 1. The van der Waals surface area contributed by atoms with Gasteiger partial charge in [0.15, 0.2) is 0 Å². The van der Waals surface area contributed by atoms with Crippen LogP contribution in [0.15, 0.2) is 0 Å². The monoisotopic (exact) mass is 272 g/mol. The molecule has 4 heteroatoms. The van der Waals surface area contributed by atoms with Crippen molar-refractivity contribution in [3.63, 3.8) is 0 Å². The van der Waals surface area contributed by atoms with Crippen molar-refractivity contribution < 1.29 is 4.79 Å². The Labute approximate surface area is 99.4 Å². The summed E-state index contributed by atoms with van der Waals surface area (Å²) in [6, 6.07) is 2.29. The van der Waals surface area contributed by atoms with Crippen molar-refractivity contribution in [2.24, 2.45) is 0 Å². The minimum absolute atomic E-state index is 0.0848. The average Bonchev–Trinajstić information content (AvgIpc) is 2.44. The van der Waals surface area contributed by atoms with Crippen LogP contribution in [-0.4, -0.2) is 16.3 Å². The number of nitrogens with one attached hydrogen (secondary N) is 1. The van der Waals surface area contributed by atoms with Gasteiger partial charge in [0.2, 0.25) is 5.91 Å². The minimum Gasteiger partial charge on any atom is -0.337 e. The molecule has 1 fully saturated rings. The van der Waals surface area contributed by atoms with E-state index in [9.17, 15) is 10.1 Å². The first-order chi connectivity index (χ1) is 7.09. The molecule has 1 aliphatic rings. The van der Waals surface area contributed by atoms with E-state index in [-0.39, 0.29) is 10.7 Å². The summed E-state index contributed by atoms with van der Waals surface area (Å²) in [6.07, 6.45) is 5.98. The molecule has 0 aliphatic heterocycles. The highest BCUT2D eigenvalue weighted by Crippen LogP contribution is 2.26. The third-order valence-corrected chi connectivity index (χ3v) is 3.31. The summed E-state index contributed by atoms with van der Waals surface area (Å²) in [4.78, 5) is 11.3. The van der Waals surface area contributed by atoms with Crippen LogP contribution >= 0.6 is 15.9 Å². The largest absolute Gasteiger partial charge is 0.337 e. The summed E-state index contributed by atoms with van der Waals surface area (Å²) in [5, 5.41) is 12.1. The lowest BCUT2D eigenvalue weighted by Gasteiger charge is -2.26. The SMILES string of the molecule is CC(Br)C(=O)NC1(C#N)CCCCCC1. The van der Waals surface area contributed by atoms with Gasteiger partial charge in [0, 0.05) is 0 Å².